The summed E-state index contributed by atoms with van der Waals surface area (Å²) in [5.74, 6) is -3.78. The molecule has 0 aromatic rings. The molecule has 0 aromatic heterocycles. The zero-order chi connectivity index (χ0) is 12.9. The first-order valence-corrected chi connectivity index (χ1v) is 5.32. The monoisotopic (exact) mass is 238 g/mol. The summed E-state index contributed by atoms with van der Waals surface area (Å²) in [6.07, 6.45) is 6.17. The summed E-state index contributed by atoms with van der Waals surface area (Å²) in [4.78, 5) is 34.1. The third-order valence-electron chi connectivity index (χ3n) is 2.03. The Kier molecular flexibility index (Phi) is 4.20. The molecule has 17 heavy (non-hydrogen) atoms. The van der Waals surface area contributed by atoms with E-state index < -0.39 is 23.5 Å². The molecule has 0 bridgehead atoms. The Hall–Kier alpha value is -1.91. The second-order valence-electron chi connectivity index (χ2n) is 3.57. The molecular weight excluding hydrogens is 224 g/mol. The van der Waals surface area contributed by atoms with E-state index in [1.165, 1.54) is 24.3 Å². The summed E-state index contributed by atoms with van der Waals surface area (Å²) < 4.78 is 9.81. The number of ketones is 1. The molecular formula is C12H14O5. The molecule has 1 atom stereocenters. The van der Waals surface area contributed by atoms with Gasteiger partial charge in [-0.25, -0.2) is 0 Å². The van der Waals surface area contributed by atoms with Gasteiger partial charge in [0.25, 0.3) is 0 Å². The van der Waals surface area contributed by atoms with Crippen LogP contribution in [0, 0.1) is 0 Å². The minimum atomic E-state index is -1.92. The van der Waals surface area contributed by atoms with Gasteiger partial charge >= 0.3 is 17.7 Å². The molecule has 0 fully saturated rings. The standard InChI is InChI=1S/C12H14O5/c1-3-6-11(15)17-12(16-9(2)13)8-5-4-7-10(12)14/h4-5,7-8H,3,6H2,1-2H3. The van der Waals surface area contributed by atoms with Gasteiger partial charge in [-0.2, -0.15) is 0 Å². The normalized spacial score (nSPS) is 22.4. The zero-order valence-corrected chi connectivity index (χ0v) is 9.76. The largest absolute Gasteiger partial charge is 0.411 e. The molecule has 5 heteroatoms. The van der Waals surface area contributed by atoms with E-state index in [4.69, 9.17) is 9.47 Å². The van der Waals surface area contributed by atoms with Crippen LogP contribution in [0.4, 0.5) is 0 Å². The number of carbonyl (C=O) groups excluding carboxylic acids is 3. The van der Waals surface area contributed by atoms with Crippen LogP contribution in [0.1, 0.15) is 26.7 Å². The number of carbonyl (C=O) groups is 3. The maximum atomic E-state index is 11.7. The Morgan fingerprint density at radius 3 is 2.53 bits per heavy atom. The second kappa shape index (κ2) is 5.43. The van der Waals surface area contributed by atoms with Crippen molar-refractivity contribution in [1.29, 1.82) is 0 Å². The van der Waals surface area contributed by atoms with Gasteiger partial charge in [-0.1, -0.05) is 19.1 Å². The lowest BCUT2D eigenvalue weighted by atomic mass is 10.1. The number of hydrogen-bond acceptors (Lipinski definition) is 5. The molecule has 0 saturated heterocycles. The van der Waals surface area contributed by atoms with E-state index in [9.17, 15) is 14.4 Å². The van der Waals surface area contributed by atoms with Gasteiger partial charge in [0.2, 0.25) is 5.78 Å². The van der Waals surface area contributed by atoms with Gasteiger partial charge in [-0.15, -0.1) is 0 Å². The van der Waals surface area contributed by atoms with E-state index in [-0.39, 0.29) is 6.42 Å². The van der Waals surface area contributed by atoms with Gasteiger partial charge in [0, 0.05) is 19.4 Å². The molecule has 0 saturated carbocycles. The number of allylic oxidation sites excluding steroid dienone is 2. The Morgan fingerprint density at radius 2 is 2.00 bits per heavy atom. The first-order chi connectivity index (χ1) is 8.00. The maximum Gasteiger partial charge on any atom is 0.340 e. The summed E-state index contributed by atoms with van der Waals surface area (Å²) in [5.41, 5.74) is 0. The SMILES string of the molecule is CCCC(=O)OC1(OC(C)=O)C=CC=CC1=O. The zero-order valence-electron chi connectivity index (χ0n) is 9.76. The van der Waals surface area contributed by atoms with Crippen molar-refractivity contribution in [3.05, 3.63) is 24.3 Å². The molecule has 1 unspecified atom stereocenters. The van der Waals surface area contributed by atoms with E-state index in [2.05, 4.69) is 0 Å². The molecule has 0 heterocycles. The average Bonchev–Trinajstić information content (AvgIpc) is 2.22. The van der Waals surface area contributed by atoms with Crippen molar-refractivity contribution in [1.82, 2.24) is 0 Å². The van der Waals surface area contributed by atoms with Gasteiger partial charge in [0.05, 0.1) is 0 Å². The summed E-state index contributed by atoms with van der Waals surface area (Å²) in [6.45, 7) is 2.95. The van der Waals surface area contributed by atoms with Crippen molar-refractivity contribution in [2.45, 2.75) is 32.5 Å². The van der Waals surface area contributed by atoms with Gasteiger partial charge in [-0.3, -0.25) is 14.4 Å². The molecule has 0 amide bonds. The number of rotatable bonds is 4. The lowest BCUT2D eigenvalue weighted by Crippen LogP contribution is -2.45. The van der Waals surface area contributed by atoms with Crippen LogP contribution in [0.5, 0.6) is 0 Å². The molecule has 92 valence electrons. The van der Waals surface area contributed by atoms with Crippen molar-refractivity contribution in [2.75, 3.05) is 0 Å². The van der Waals surface area contributed by atoms with Crippen LogP contribution in [-0.4, -0.2) is 23.5 Å². The highest BCUT2D eigenvalue weighted by Gasteiger charge is 2.43. The molecule has 5 nitrogen and oxygen atoms in total. The smallest absolute Gasteiger partial charge is 0.340 e. The molecule has 0 radical (unpaired) electrons. The second-order valence-corrected chi connectivity index (χ2v) is 3.57. The van der Waals surface area contributed by atoms with Crippen LogP contribution in [0.15, 0.2) is 24.3 Å². The van der Waals surface area contributed by atoms with E-state index in [1.54, 1.807) is 6.92 Å². The van der Waals surface area contributed by atoms with Gasteiger partial charge in [0.15, 0.2) is 0 Å². The fraction of sp³-hybridized carbons (Fsp3) is 0.417. The Bertz CT molecular complexity index is 394. The van der Waals surface area contributed by atoms with Gasteiger partial charge in [-0.05, 0) is 12.5 Å². The quantitative estimate of drug-likeness (QED) is 0.545. The maximum absolute atomic E-state index is 11.7. The number of hydrogen-bond donors (Lipinski definition) is 0. The fourth-order valence-corrected chi connectivity index (χ4v) is 1.35. The summed E-state index contributed by atoms with van der Waals surface area (Å²) >= 11 is 0. The minimum absolute atomic E-state index is 0.161. The Balaban J connectivity index is 2.90. The molecule has 0 aromatic carbocycles. The van der Waals surface area contributed by atoms with Crippen molar-refractivity contribution in [2.24, 2.45) is 0 Å². The van der Waals surface area contributed by atoms with E-state index >= 15 is 0 Å². The summed E-state index contributed by atoms with van der Waals surface area (Å²) in [5, 5.41) is 0. The minimum Gasteiger partial charge on any atom is -0.411 e. The molecule has 0 aliphatic heterocycles. The average molecular weight is 238 g/mol. The van der Waals surface area contributed by atoms with Crippen molar-refractivity contribution < 1.29 is 23.9 Å². The molecule has 0 N–H and O–H groups in total. The summed E-state index contributed by atoms with van der Waals surface area (Å²) in [7, 11) is 0. The van der Waals surface area contributed by atoms with Crippen LogP contribution >= 0.6 is 0 Å². The summed E-state index contributed by atoms with van der Waals surface area (Å²) in [6, 6.07) is 0. The highest BCUT2D eigenvalue weighted by Crippen LogP contribution is 2.22. The van der Waals surface area contributed by atoms with E-state index in [0.29, 0.717) is 6.42 Å². The van der Waals surface area contributed by atoms with Crippen LogP contribution in [-0.2, 0) is 23.9 Å². The van der Waals surface area contributed by atoms with Crippen LogP contribution in [0.25, 0.3) is 0 Å². The topological polar surface area (TPSA) is 69.7 Å². The van der Waals surface area contributed by atoms with Crippen molar-refractivity contribution in [3.63, 3.8) is 0 Å². The van der Waals surface area contributed by atoms with Crippen molar-refractivity contribution >= 4 is 17.7 Å². The first-order valence-electron chi connectivity index (χ1n) is 5.32. The van der Waals surface area contributed by atoms with Crippen molar-refractivity contribution in [3.8, 4) is 0 Å². The molecule has 0 spiro atoms. The highest BCUT2D eigenvalue weighted by molar-refractivity contribution is 6.01. The fourth-order valence-electron chi connectivity index (χ4n) is 1.35. The third kappa shape index (κ3) is 3.27. The van der Waals surface area contributed by atoms with Gasteiger partial charge in [0.1, 0.15) is 0 Å². The van der Waals surface area contributed by atoms with Crippen LogP contribution in [0.3, 0.4) is 0 Å². The molecule has 1 aliphatic carbocycles. The lowest BCUT2D eigenvalue weighted by molar-refractivity contribution is -0.209. The van der Waals surface area contributed by atoms with Crippen LogP contribution in [0.2, 0.25) is 0 Å². The lowest BCUT2D eigenvalue weighted by Gasteiger charge is -2.28. The van der Waals surface area contributed by atoms with E-state index in [1.807, 2.05) is 0 Å². The van der Waals surface area contributed by atoms with Gasteiger partial charge < -0.3 is 9.47 Å². The predicted octanol–water partition coefficient (Wildman–Crippen LogP) is 1.28. The number of esters is 2. The first kappa shape index (κ1) is 13.2. The number of ether oxygens (including phenoxy) is 2. The molecule has 1 aliphatic rings. The highest BCUT2D eigenvalue weighted by atomic mass is 16.7. The predicted molar refractivity (Wildman–Crippen MR) is 58.8 cm³/mol. The molecule has 1 rings (SSSR count). The Morgan fingerprint density at radius 1 is 1.29 bits per heavy atom. The van der Waals surface area contributed by atoms with Crippen LogP contribution < -0.4 is 0 Å². The Labute approximate surface area is 99.1 Å². The van der Waals surface area contributed by atoms with E-state index in [0.717, 1.165) is 6.92 Å². The third-order valence-corrected chi connectivity index (χ3v) is 2.03.